The second-order valence-corrected chi connectivity index (χ2v) is 5.02. The van der Waals surface area contributed by atoms with Gasteiger partial charge in [0.25, 0.3) is 0 Å². The van der Waals surface area contributed by atoms with Gasteiger partial charge < -0.3 is 4.42 Å². The van der Waals surface area contributed by atoms with Crippen LogP contribution in [0.15, 0.2) is 27.4 Å². The molecule has 3 aromatic heterocycles. The largest absolute Gasteiger partial charge is 0.448 e. The zero-order valence-corrected chi connectivity index (χ0v) is 10.2. The molecule has 6 heteroatoms. The monoisotopic (exact) mass is 283 g/mol. The van der Waals surface area contributed by atoms with Gasteiger partial charge in [-0.1, -0.05) is 11.3 Å². The lowest BCUT2D eigenvalue weighted by molar-refractivity contribution is 0.554. The van der Waals surface area contributed by atoms with Gasteiger partial charge in [0.05, 0.1) is 6.20 Å². The number of aryl methyl sites for hydroxylation is 1. The molecule has 3 rings (SSSR count). The Hall–Kier alpha value is -1.14. The highest BCUT2D eigenvalue weighted by molar-refractivity contribution is 9.10. The van der Waals surface area contributed by atoms with Crippen molar-refractivity contribution in [1.82, 2.24) is 14.6 Å². The minimum absolute atomic E-state index is 0.706. The SMILES string of the molecule is Cc1nn2cc(-c3ccc(Br)o3)nc2s1. The minimum Gasteiger partial charge on any atom is -0.448 e. The van der Waals surface area contributed by atoms with E-state index in [-0.39, 0.29) is 0 Å². The van der Waals surface area contributed by atoms with Gasteiger partial charge in [-0.25, -0.2) is 9.50 Å². The van der Waals surface area contributed by atoms with Crippen LogP contribution in [-0.4, -0.2) is 14.6 Å². The fourth-order valence-electron chi connectivity index (χ4n) is 1.37. The van der Waals surface area contributed by atoms with E-state index in [0.29, 0.717) is 4.67 Å². The number of nitrogens with zero attached hydrogens (tertiary/aromatic N) is 3. The number of hydrogen-bond donors (Lipinski definition) is 0. The van der Waals surface area contributed by atoms with Gasteiger partial charge in [-0.05, 0) is 35.0 Å². The van der Waals surface area contributed by atoms with E-state index in [9.17, 15) is 0 Å². The molecule has 0 atom stereocenters. The zero-order valence-electron chi connectivity index (χ0n) is 7.77. The Morgan fingerprint density at radius 2 is 2.33 bits per heavy atom. The highest BCUT2D eigenvalue weighted by atomic mass is 79.9. The van der Waals surface area contributed by atoms with Crippen molar-refractivity contribution < 1.29 is 4.42 Å². The molecule has 0 aliphatic heterocycles. The van der Waals surface area contributed by atoms with E-state index >= 15 is 0 Å². The number of imidazole rings is 1. The summed E-state index contributed by atoms with van der Waals surface area (Å²) < 4.78 is 7.89. The molecule has 76 valence electrons. The molecule has 0 aliphatic rings. The summed E-state index contributed by atoms with van der Waals surface area (Å²) in [5.74, 6) is 0.747. The summed E-state index contributed by atoms with van der Waals surface area (Å²) in [6, 6.07) is 3.73. The van der Waals surface area contributed by atoms with Crippen LogP contribution in [0.3, 0.4) is 0 Å². The molecule has 0 bridgehead atoms. The van der Waals surface area contributed by atoms with Crippen molar-refractivity contribution in [2.24, 2.45) is 0 Å². The maximum atomic E-state index is 5.42. The van der Waals surface area contributed by atoms with Gasteiger partial charge in [-0.15, -0.1) is 0 Å². The first-order valence-electron chi connectivity index (χ1n) is 4.31. The van der Waals surface area contributed by atoms with Crippen molar-refractivity contribution in [3.05, 3.63) is 28.0 Å². The Kier molecular flexibility index (Phi) is 1.93. The number of halogens is 1. The second-order valence-electron chi connectivity index (χ2n) is 3.08. The van der Waals surface area contributed by atoms with E-state index < -0.39 is 0 Å². The van der Waals surface area contributed by atoms with Crippen molar-refractivity contribution in [2.75, 3.05) is 0 Å². The summed E-state index contributed by atoms with van der Waals surface area (Å²) in [5, 5.41) is 5.29. The standard InChI is InChI=1S/C9H6BrN3OS/c1-5-12-13-4-6(11-9(13)15-5)7-2-3-8(10)14-7/h2-4H,1H3. The van der Waals surface area contributed by atoms with E-state index in [1.807, 2.05) is 25.3 Å². The molecule has 4 nitrogen and oxygen atoms in total. The van der Waals surface area contributed by atoms with Gasteiger partial charge in [0.2, 0.25) is 4.96 Å². The van der Waals surface area contributed by atoms with Crippen LogP contribution in [-0.2, 0) is 0 Å². The van der Waals surface area contributed by atoms with Crippen LogP contribution in [0.4, 0.5) is 0 Å². The van der Waals surface area contributed by atoms with Crippen LogP contribution in [0, 0.1) is 6.92 Å². The molecule has 0 saturated carbocycles. The van der Waals surface area contributed by atoms with E-state index in [4.69, 9.17) is 4.42 Å². The Balaban J connectivity index is 2.15. The number of hydrogen-bond acceptors (Lipinski definition) is 4. The molecule has 0 spiro atoms. The Morgan fingerprint density at radius 3 is 3.00 bits per heavy atom. The van der Waals surface area contributed by atoms with Crippen LogP contribution >= 0.6 is 27.3 Å². The fourth-order valence-corrected chi connectivity index (χ4v) is 2.40. The molecule has 0 radical (unpaired) electrons. The van der Waals surface area contributed by atoms with E-state index in [1.165, 1.54) is 0 Å². The predicted octanol–water partition coefficient (Wildman–Crippen LogP) is 3.12. The minimum atomic E-state index is 0.706. The molecule has 0 saturated heterocycles. The highest BCUT2D eigenvalue weighted by Crippen LogP contribution is 2.25. The van der Waals surface area contributed by atoms with E-state index in [0.717, 1.165) is 21.4 Å². The lowest BCUT2D eigenvalue weighted by atomic mass is 10.4. The smallest absolute Gasteiger partial charge is 0.212 e. The molecular formula is C9H6BrN3OS. The first kappa shape index (κ1) is 9.11. The number of furan rings is 1. The average Bonchev–Trinajstić information content (AvgIpc) is 2.78. The summed E-state index contributed by atoms with van der Waals surface area (Å²) >= 11 is 4.82. The first-order valence-corrected chi connectivity index (χ1v) is 5.92. The Morgan fingerprint density at radius 1 is 1.47 bits per heavy atom. The van der Waals surface area contributed by atoms with Crippen molar-refractivity contribution in [3.8, 4) is 11.5 Å². The van der Waals surface area contributed by atoms with Gasteiger partial charge >= 0.3 is 0 Å². The second kappa shape index (κ2) is 3.18. The summed E-state index contributed by atoms with van der Waals surface area (Å²) in [5.41, 5.74) is 0.805. The summed E-state index contributed by atoms with van der Waals surface area (Å²) in [7, 11) is 0. The summed E-state index contributed by atoms with van der Waals surface area (Å²) in [6.45, 7) is 1.96. The predicted molar refractivity (Wildman–Crippen MR) is 61.0 cm³/mol. The Labute approximate surface area is 97.7 Å². The summed E-state index contributed by atoms with van der Waals surface area (Å²) in [6.07, 6.45) is 1.87. The fraction of sp³-hybridized carbons (Fsp3) is 0.111. The van der Waals surface area contributed by atoms with Crippen LogP contribution in [0.25, 0.3) is 16.4 Å². The first-order chi connectivity index (χ1) is 7.22. The van der Waals surface area contributed by atoms with Gasteiger partial charge in [0, 0.05) is 0 Å². The van der Waals surface area contributed by atoms with E-state index in [1.54, 1.807) is 15.9 Å². The molecule has 0 fully saturated rings. The third-order valence-corrected chi connectivity index (χ3v) is 3.23. The average molecular weight is 284 g/mol. The van der Waals surface area contributed by atoms with Crippen molar-refractivity contribution >= 4 is 32.2 Å². The van der Waals surface area contributed by atoms with Crippen molar-refractivity contribution in [1.29, 1.82) is 0 Å². The molecule has 0 aliphatic carbocycles. The van der Waals surface area contributed by atoms with Gasteiger partial charge in [0.1, 0.15) is 10.7 Å². The molecule has 0 unspecified atom stereocenters. The molecular weight excluding hydrogens is 278 g/mol. The van der Waals surface area contributed by atoms with Crippen LogP contribution in [0.5, 0.6) is 0 Å². The van der Waals surface area contributed by atoms with Crippen LogP contribution in [0.2, 0.25) is 0 Å². The van der Waals surface area contributed by atoms with Crippen molar-refractivity contribution in [3.63, 3.8) is 0 Å². The van der Waals surface area contributed by atoms with Crippen LogP contribution < -0.4 is 0 Å². The molecule has 3 aromatic rings. The third-order valence-electron chi connectivity index (χ3n) is 1.97. The maximum absolute atomic E-state index is 5.42. The third kappa shape index (κ3) is 1.49. The van der Waals surface area contributed by atoms with Gasteiger partial charge in [-0.3, -0.25) is 0 Å². The quantitative estimate of drug-likeness (QED) is 0.689. The van der Waals surface area contributed by atoms with Gasteiger partial charge in [0.15, 0.2) is 10.4 Å². The lowest BCUT2D eigenvalue weighted by Gasteiger charge is -1.86. The normalized spacial score (nSPS) is 11.3. The summed E-state index contributed by atoms with van der Waals surface area (Å²) in [4.78, 5) is 5.31. The molecule has 0 amide bonds. The molecule has 15 heavy (non-hydrogen) atoms. The van der Waals surface area contributed by atoms with Crippen molar-refractivity contribution in [2.45, 2.75) is 6.92 Å². The number of rotatable bonds is 1. The van der Waals surface area contributed by atoms with Crippen LogP contribution in [0.1, 0.15) is 5.01 Å². The zero-order chi connectivity index (χ0) is 10.4. The Bertz CT molecular complexity index is 593. The topological polar surface area (TPSA) is 43.3 Å². The number of aromatic nitrogens is 3. The molecule has 3 heterocycles. The maximum Gasteiger partial charge on any atom is 0.212 e. The van der Waals surface area contributed by atoms with Gasteiger partial charge in [-0.2, -0.15) is 5.10 Å². The lowest BCUT2D eigenvalue weighted by Crippen LogP contribution is -1.79. The molecule has 0 N–H and O–H groups in total. The molecule has 0 aromatic carbocycles. The van der Waals surface area contributed by atoms with E-state index in [2.05, 4.69) is 26.0 Å². The number of fused-ring (bicyclic) bond motifs is 1. The highest BCUT2D eigenvalue weighted by Gasteiger charge is 2.10.